The number of carbonyl (C=O) groups is 1. The van der Waals surface area contributed by atoms with Crippen molar-refractivity contribution >= 4 is 5.91 Å². The number of likely N-dealkylation sites (tertiary alicyclic amines) is 1. The fourth-order valence-electron chi connectivity index (χ4n) is 3.02. The van der Waals surface area contributed by atoms with Crippen LogP contribution in [0.2, 0.25) is 0 Å². The van der Waals surface area contributed by atoms with Crippen LogP contribution >= 0.6 is 0 Å². The lowest BCUT2D eigenvalue weighted by Gasteiger charge is -2.24. The van der Waals surface area contributed by atoms with Gasteiger partial charge in [0.1, 0.15) is 12.7 Å². The molecule has 2 aromatic heterocycles. The molecule has 0 saturated carbocycles. The van der Waals surface area contributed by atoms with Crippen LogP contribution in [0.5, 0.6) is 0 Å². The van der Waals surface area contributed by atoms with Crippen molar-refractivity contribution in [3.63, 3.8) is 0 Å². The van der Waals surface area contributed by atoms with E-state index < -0.39 is 0 Å². The van der Waals surface area contributed by atoms with Crippen LogP contribution in [0.3, 0.4) is 0 Å². The van der Waals surface area contributed by atoms with Gasteiger partial charge in [-0.05, 0) is 31.7 Å². The van der Waals surface area contributed by atoms with Crippen LogP contribution in [0, 0.1) is 6.92 Å². The minimum atomic E-state index is 0.242. The number of nitrogens with zero attached hydrogens (tertiary/aromatic N) is 6. The van der Waals surface area contributed by atoms with Crippen molar-refractivity contribution in [3.8, 4) is 0 Å². The largest absolute Gasteiger partial charge is 0.338 e. The molecule has 7 heteroatoms. The Morgan fingerprint density at radius 1 is 1.36 bits per heavy atom. The number of amides is 1. The predicted molar refractivity (Wildman–Crippen MR) is 81.0 cm³/mol. The third kappa shape index (κ3) is 3.52. The van der Waals surface area contributed by atoms with Crippen molar-refractivity contribution in [1.82, 2.24) is 29.4 Å². The van der Waals surface area contributed by atoms with Crippen LogP contribution in [-0.4, -0.2) is 47.9 Å². The Labute approximate surface area is 129 Å². The summed E-state index contributed by atoms with van der Waals surface area (Å²) >= 11 is 0. The smallest absolute Gasteiger partial charge is 0.222 e. The number of carbonyl (C=O) groups excluding carboxylic acids is 1. The maximum absolute atomic E-state index is 12.4. The van der Waals surface area contributed by atoms with Gasteiger partial charge in [0.05, 0.1) is 18.8 Å². The van der Waals surface area contributed by atoms with Gasteiger partial charge in [0.2, 0.25) is 5.91 Å². The summed E-state index contributed by atoms with van der Waals surface area (Å²) in [6.07, 6.45) is 10.6. The van der Waals surface area contributed by atoms with Crippen LogP contribution in [0.1, 0.15) is 31.2 Å². The average Bonchev–Trinajstić information content (AvgIpc) is 3.21. The molecule has 0 N–H and O–H groups in total. The summed E-state index contributed by atoms with van der Waals surface area (Å²) in [5.41, 5.74) is 1.16. The van der Waals surface area contributed by atoms with E-state index in [1.54, 1.807) is 11.0 Å². The second-order valence-corrected chi connectivity index (χ2v) is 5.89. The van der Waals surface area contributed by atoms with E-state index in [0.29, 0.717) is 6.42 Å². The molecule has 0 radical (unpaired) electrons. The Bertz CT molecular complexity index is 605. The Hall–Kier alpha value is -2.18. The molecular formula is C15H22N6O. The fourth-order valence-corrected chi connectivity index (χ4v) is 3.02. The van der Waals surface area contributed by atoms with Gasteiger partial charge in [-0.3, -0.25) is 14.2 Å². The zero-order valence-electron chi connectivity index (χ0n) is 12.9. The van der Waals surface area contributed by atoms with Gasteiger partial charge < -0.3 is 4.90 Å². The van der Waals surface area contributed by atoms with Gasteiger partial charge >= 0.3 is 0 Å². The van der Waals surface area contributed by atoms with E-state index in [1.165, 1.54) is 6.33 Å². The zero-order chi connectivity index (χ0) is 15.4. The van der Waals surface area contributed by atoms with Crippen molar-refractivity contribution in [2.24, 2.45) is 0 Å². The molecule has 118 valence electrons. The lowest BCUT2D eigenvalue weighted by Crippen LogP contribution is -2.38. The van der Waals surface area contributed by atoms with Gasteiger partial charge in [-0.1, -0.05) is 0 Å². The Morgan fingerprint density at radius 3 is 3.00 bits per heavy atom. The third-order valence-corrected chi connectivity index (χ3v) is 4.10. The quantitative estimate of drug-likeness (QED) is 0.805. The van der Waals surface area contributed by atoms with E-state index in [1.807, 2.05) is 28.9 Å². The number of hydrogen-bond donors (Lipinski definition) is 0. The van der Waals surface area contributed by atoms with E-state index in [-0.39, 0.29) is 11.9 Å². The number of rotatable bonds is 6. The maximum atomic E-state index is 12.4. The normalized spacial score (nSPS) is 18.0. The molecular weight excluding hydrogens is 280 g/mol. The van der Waals surface area contributed by atoms with Gasteiger partial charge in [0, 0.05) is 25.7 Å². The molecule has 1 fully saturated rings. The van der Waals surface area contributed by atoms with Crippen molar-refractivity contribution in [3.05, 3.63) is 30.6 Å². The second-order valence-electron chi connectivity index (χ2n) is 5.89. The van der Waals surface area contributed by atoms with Gasteiger partial charge in [0.15, 0.2) is 0 Å². The second kappa shape index (κ2) is 6.72. The number of aromatic nitrogens is 5. The molecule has 0 spiro atoms. The van der Waals surface area contributed by atoms with Crippen LogP contribution in [0.4, 0.5) is 0 Å². The lowest BCUT2D eigenvalue weighted by molar-refractivity contribution is -0.132. The Balaban J connectivity index is 1.50. The Morgan fingerprint density at radius 2 is 2.27 bits per heavy atom. The van der Waals surface area contributed by atoms with Crippen molar-refractivity contribution in [2.75, 3.05) is 6.54 Å². The maximum Gasteiger partial charge on any atom is 0.222 e. The summed E-state index contributed by atoms with van der Waals surface area (Å²) in [5.74, 6) is 0.242. The molecule has 22 heavy (non-hydrogen) atoms. The standard InChI is InChI=1S/C15H22N6O/c1-13-8-17-20(9-13)10-14-4-2-7-21(14)15(22)5-3-6-19-12-16-11-18-19/h8-9,11-12,14H,2-7,10H2,1H3/t14-/m1/s1. The number of hydrogen-bond acceptors (Lipinski definition) is 4. The first-order chi connectivity index (χ1) is 10.7. The molecule has 1 saturated heterocycles. The molecule has 2 aromatic rings. The highest BCUT2D eigenvalue weighted by Crippen LogP contribution is 2.20. The molecule has 1 aliphatic rings. The van der Waals surface area contributed by atoms with Crippen molar-refractivity contribution in [2.45, 2.75) is 51.7 Å². The average molecular weight is 302 g/mol. The fraction of sp³-hybridized carbons (Fsp3) is 0.600. The summed E-state index contributed by atoms with van der Waals surface area (Å²) in [6.45, 7) is 4.43. The third-order valence-electron chi connectivity index (χ3n) is 4.10. The van der Waals surface area contributed by atoms with Gasteiger partial charge in [-0.25, -0.2) is 4.98 Å². The molecule has 1 atom stereocenters. The van der Waals surface area contributed by atoms with E-state index in [9.17, 15) is 4.79 Å². The van der Waals surface area contributed by atoms with E-state index in [2.05, 4.69) is 15.2 Å². The monoisotopic (exact) mass is 302 g/mol. The highest BCUT2D eigenvalue weighted by Gasteiger charge is 2.28. The highest BCUT2D eigenvalue weighted by molar-refractivity contribution is 5.76. The van der Waals surface area contributed by atoms with E-state index >= 15 is 0 Å². The molecule has 0 aromatic carbocycles. The summed E-state index contributed by atoms with van der Waals surface area (Å²) in [6, 6.07) is 0.276. The predicted octanol–water partition coefficient (Wildman–Crippen LogP) is 1.25. The SMILES string of the molecule is Cc1cnn(C[C@H]2CCCN2C(=O)CCCn2cncn2)c1. The molecule has 1 aliphatic heterocycles. The summed E-state index contributed by atoms with van der Waals surface area (Å²) < 4.78 is 3.71. The van der Waals surface area contributed by atoms with Crippen LogP contribution in [0.15, 0.2) is 25.0 Å². The zero-order valence-corrected chi connectivity index (χ0v) is 12.9. The minimum absolute atomic E-state index is 0.242. The van der Waals surface area contributed by atoms with Gasteiger partial charge in [-0.15, -0.1) is 0 Å². The van der Waals surface area contributed by atoms with Crippen LogP contribution in [0.25, 0.3) is 0 Å². The van der Waals surface area contributed by atoms with Crippen molar-refractivity contribution in [1.29, 1.82) is 0 Å². The first kappa shape index (κ1) is 14.7. The summed E-state index contributed by atoms with van der Waals surface area (Å²) in [5, 5.41) is 8.38. The summed E-state index contributed by atoms with van der Waals surface area (Å²) in [7, 11) is 0. The van der Waals surface area contributed by atoms with Gasteiger partial charge in [0.25, 0.3) is 0 Å². The first-order valence-electron chi connectivity index (χ1n) is 7.83. The van der Waals surface area contributed by atoms with Crippen LogP contribution in [-0.2, 0) is 17.9 Å². The van der Waals surface area contributed by atoms with Crippen LogP contribution < -0.4 is 0 Å². The minimum Gasteiger partial charge on any atom is -0.338 e. The van der Waals surface area contributed by atoms with E-state index in [4.69, 9.17) is 0 Å². The molecule has 3 rings (SSSR count). The topological polar surface area (TPSA) is 68.8 Å². The molecule has 1 amide bonds. The van der Waals surface area contributed by atoms with E-state index in [0.717, 1.165) is 44.5 Å². The Kier molecular flexibility index (Phi) is 4.50. The molecule has 0 bridgehead atoms. The first-order valence-corrected chi connectivity index (χ1v) is 7.83. The molecule has 0 unspecified atom stereocenters. The lowest BCUT2D eigenvalue weighted by atomic mass is 10.2. The molecule has 3 heterocycles. The van der Waals surface area contributed by atoms with Crippen molar-refractivity contribution < 1.29 is 4.79 Å². The number of aryl methyl sites for hydroxylation is 2. The van der Waals surface area contributed by atoms with Gasteiger partial charge in [-0.2, -0.15) is 10.2 Å². The summed E-state index contributed by atoms with van der Waals surface area (Å²) in [4.78, 5) is 18.4. The molecule has 7 nitrogen and oxygen atoms in total. The highest BCUT2D eigenvalue weighted by atomic mass is 16.2. The molecule has 0 aliphatic carbocycles.